The number of aromatic nitrogens is 4. The van der Waals surface area contributed by atoms with E-state index < -0.39 is 0 Å². The molecule has 0 saturated heterocycles. The van der Waals surface area contributed by atoms with Gasteiger partial charge >= 0.3 is 0 Å². The van der Waals surface area contributed by atoms with Crippen LogP contribution in [0, 0.1) is 0 Å². The molecule has 3 rings (SSSR count). The Kier molecular flexibility index (Phi) is 3.76. The lowest BCUT2D eigenvalue weighted by molar-refractivity contribution is 0.318. The molecule has 9 heteroatoms. The second-order valence-electron chi connectivity index (χ2n) is 4.01. The highest BCUT2D eigenvalue weighted by molar-refractivity contribution is 9.10. The number of hydrogen-bond acceptors (Lipinski definition) is 6. The molecule has 7 nitrogen and oxygen atoms in total. The van der Waals surface area contributed by atoms with E-state index in [0.29, 0.717) is 16.2 Å². The summed E-state index contributed by atoms with van der Waals surface area (Å²) >= 11 is 4.80. The van der Waals surface area contributed by atoms with Crippen molar-refractivity contribution in [2.45, 2.75) is 9.92 Å². The number of nitrogens with two attached hydrogens (primary N) is 1. The van der Waals surface area contributed by atoms with E-state index in [4.69, 9.17) is 10.9 Å². The normalized spacial score (nSPS) is 12.0. The standard InChI is InChI=1S/C12H9BrN6OS/c13-6-1-2-7(10(14)19-20)8(3-6)21-12-9-11(16-4-15-9)17-5-18-12/h1-5,20H,(H2,14,19)(H,15,16,17,18). The Morgan fingerprint density at radius 3 is 3.00 bits per heavy atom. The van der Waals surface area contributed by atoms with Gasteiger partial charge in [-0.05, 0) is 18.2 Å². The summed E-state index contributed by atoms with van der Waals surface area (Å²) in [6, 6.07) is 5.47. The van der Waals surface area contributed by atoms with Gasteiger partial charge < -0.3 is 15.9 Å². The highest BCUT2D eigenvalue weighted by Gasteiger charge is 2.13. The molecule has 0 unspecified atom stereocenters. The largest absolute Gasteiger partial charge is 0.409 e. The summed E-state index contributed by atoms with van der Waals surface area (Å²) in [7, 11) is 0. The Balaban J connectivity index is 2.09. The first-order valence-electron chi connectivity index (χ1n) is 5.78. The van der Waals surface area contributed by atoms with Crippen LogP contribution in [0.3, 0.4) is 0 Å². The lowest BCUT2D eigenvalue weighted by Gasteiger charge is -2.08. The van der Waals surface area contributed by atoms with Gasteiger partial charge in [-0.15, -0.1) is 0 Å². The van der Waals surface area contributed by atoms with E-state index in [1.54, 1.807) is 12.4 Å². The number of oxime groups is 1. The molecule has 0 fully saturated rings. The maximum Gasteiger partial charge on any atom is 0.181 e. The maximum atomic E-state index is 8.89. The Bertz CT molecular complexity index is 833. The van der Waals surface area contributed by atoms with Crippen molar-refractivity contribution in [1.82, 2.24) is 19.9 Å². The second kappa shape index (κ2) is 5.70. The molecule has 0 atom stereocenters. The fourth-order valence-electron chi connectivity index (χ4n) is 1.77. The van der Waals surface area contributed by atoms with Crippen molar-refractivity contribution in [3.8, 4) is 0 Å². The van der Waals surface area contributed by atoms with Crippen LogP contribution in [0.4, 0.5) is 0 Å². The molecule has 1 aromatic carbocycles. The number of nitrogens with zero attached hydrogens (tertiary/aromatic N) is 4. The van der Waals surface area contributed by atoms with E-state index in [0.717, 1.165) is 14.9 Å². The van der Waals surface area contributed by atoms with E-state index in [2.05, 4.69) is 41.0 Å². The average molecular weight is 365 g/mol. The number of benzene rings is 1. The highest BCUT2D eigenvalue weighted by atomic mass is 79.9. The lowest BCUT2D eigenvalue weighted by Crippen LogP contribution is -2.14. The van der Waals surface area contributed by atoms with E-state index in [1.807, 2.05) is 12.1 Å². The fraction of sp³-hybridized carbons (Fsp3) is 0. The zero-order chi connectivity index (χ0) is 14.8. The summed E-state index contributed by atoms with van der Waals surface area (Å²) in [5.41, 5.74) is 7.67. The number of rotatable bonds is 3. The van der Waals surface area contributed by atoms with Crippen LogP contribution in [0.1, 0.15) is 5.56 Å². The summed E-state index contributed by atoms with van der Waals surface area (Å²) in [5.74, 6) is 0.0416. The fourth-order valence-corrected chi connectivity index (χ4v) is 3.31. The van der Waals surface area contributed by atoms with E-state index in [1.165, 1.54) is 18.1 Å². The zero-order valence-electron chi connectivity index (χ0n) is 10.5. The Morgan fingerprint density at radius 2 is 2.19 bits per heavy atom. The molecule has 0 amide bonds. The van der Waals surface area contributed by atoms with Gasteiger partial charge in [-0.1, -0.05) is 32.8 Å². The monoisotopic (exact) mass is 364 g/mol. The lowest BCUT2D eigenvalue weighted by atomic mass is 10.2. The molecule has 2 heterocycles. The first-order valence-corrected chi connectivity index (χ1v) is 7.39. The van der Waals surface area contributed by atoms with Crippen LogP contribution in [0.5, 0.6) is 0 Å². The molecule has 106 valence electrons. The number of fused-ring (bicyclic) bond motifs is 1. The number of H-pyrrole nitrogens is 1. The molecular weight excluding hydrogens is 356 g/mol. The number of imidazole rings is 1. The highest BCUT2D eigenvalue weighted by Crippen LogP contribution is 2.33. The summed E-state index contributed by atoms with van der Waals surface area (Å²) in [5, 5.41) is 12.7. The smallest absolute Gasteiger partial charge is 0.181 e. The van der Waals surface area contributed by atoms with Crippen molar-refractivity contribution in [2.24, 2.45) is 10.9 Å². The van der Waals surface area contributed by atoms with Gasteiger partial charge in [0.25, 0.3) is 0 Å². The van der Waals surface area contributed by atoms with Gasteiger partial charge in [-0.2, -0.15) is 0 Å². The summed E-state index contributed by atoms with van der Waals surface area (Å²) in [6.45, 7) is 0. The molecule has 0 aliphatic rings. The van der Waals surface area contributed by atoms with E-state index in [-0.39, 0.29) is 5.84 Å². The average Bonchev–Trinajstić information content (AvgIpc) is 2.96. The van der Waals surface area contributed by atoms with Crippen LogP contribution >= 0.6 is 27.7 Å². The summed E-state index contributed by atoms with van der Waals surface area (Å²) in [6.07, 6.45) is 3.02. The van der Waals surface area contributed by atoms with E-state index in [9.17, 15) is 0 Å². The molecule has 2 aromatic heterocycles. The van der Waals surface area contributed by atoms with Gasteiger partial charge in [0.2, 0.25) is 0 Å². The van der Waals surface area contributed by atoms with Gasteiger partial charge in [0, 0.05) is 14.9 Å². The number of hydrogen-bond donors (Lipinski definition) is 3. The van der Waals surface area contributed by atoms with Gasteiger partial charge in [-0.25, -0.2) is 15.0 Å². The van der Waals surface area contributed by atoms with Crippen LogP contribution in [0.2, 0.25) is 0 Å². The molecule has 4 N–H and O–H groups in total. The predicted molar refractivity (Wildman–Crippen MR) is 82.5 cm³/mol. The molecule has 0 saturated carbocycles. The Labute approximate surface area is 131 Å². The number of amidine groups is 1. The molecule has 0 radical (unpaired) electrons. The van der Waals surface area contributed by atoms with Crippen LogP contribution < -0.4 is 5.73 Å². The first kappa shape index (κ1) is 13.8. The van der Waals surface area contributed by atoms with Crippen molar-refractivity contribution in [3.05, 3.63) is 40.9 Å². The van der Waals surface area contributed by atoms with Gasteiger partial charge in [-0.3, -0.25) is 0 Å². The minimum Gasteiger partial charge on any atom is -0.409 e. The quantitative estimate of drug-likeness (QED) is 0.216. The molecule has 3 aromatic rings. The van der Waals surface area contributed by atoms with Crippen LogP contribution in [0.25, 0.3) is 11.2 Å². The molecule has 21 heavy (non-hydrogen) atoms. The third kappa shape index (κ3) is 2.69. The van der Waals surface area contributed by atoms with Gasteiger partial charge in [0.1, 0.15) is 16.9 Å². The Hall–Kier alpha value is -2.13. The third-order valence-electron chi connectivity index (χ3n) is 2.72. The zero-order valence-corrected chi connectivity index (χ0v) is 12.9. The van der Waals surface area contributed by atoms with Crippen molar-refractivity contribution in [1.29, 1.82) is 0 Å². The molecule has 0 bridgehead atoms. The Morgan fingerprint density at radius 1 is 1.33 bits per heavy atom. The SMILES string of the molecule is N/C(=N/O)c1ccc(Br)cc1Sc1ncnc2nc[nH]c12. The number of halogens is 1. The van der Waals surface area contributed by atoms with Crippen molar-refractivity contribution in [2.75, 3.05) is 0 Å². The molecule has 0 aliphatic heterocycles. The van der Waals surface area contributed by atoms with Crippen LogP contribution in [-0.2, 0) is 0 Å². The minimum atomic E-state index is 0.0416. The third-order valence-corrected chi connectivity index (χ3v) is 4.28. The summed E-state index contributed by atoms with van der Waals surface area (Å²) in [4.78, 5) is 16.2. The van der Waals surface area contributed by atoms with Crippen molar-refractivity contribution >= 4 is 44.7 Å². The van der Waals surface area contributed by atoms with E-state index >= 15 is 0 Å². The minimum absolute atomic E-state index is 0.0416. The van der Waals surface area contributed by atoms with Crippen LogP contribution in [-0.4, -0.2) is 31.0 Å². The first-order chi connectivity index (χ1) is 10.2. The number of nitrogens with one attached hydrogen (secondary N) is 1. The van der Waals surface area contributed by atoms with Gasteiger partial charge in [0.15, 0.2) is 11.5 Å². The molecule has 0 aliphatic carbocycles. The molecule has 0 spiro atoms. The number of aromatic amines is 1. The second-order valence-corrected chi connectivity index (χ2v) is 5.95. The predicted octanol–water partition coefficient (Wildman–Crippen LogP) is 2.36. The topological polar surface area (TPSA) is 113 Å². The van der Waals surface area contributed by atoms with Crippen LogP contribution in [0.15, 0.2) is 50.4 Å². The van der Waals surface area contributed by atoms with Gasteiger partial charge in [0.05, 0.1) is 6.33 Å². The van der Waals surface area contributed by atoms with Crippen molar-refractivity contribution < 1.29 is 5.21 Å². The summed E-state index contributed by atoms with van der Waals surface area (Å²) < 4.78 is 0.884. The molecular formula is C12H9BrN6OS. The van der Waals surface area contributed by atoms with Crippen molar-refractivity contribution in [3.63, 3.8) is 0 Å². The maximum absolute atomic E-state index is 8.89.